The Morgan fingerprint density at radius 2 is 2.19 bits per heavy atom. The van der Waals surface area contributed by atoms with Crippen LogP contribution < -0.4 is 0 Å². The van der Waals surface area contributed by atoms with E-state index in [1.165, 1.54) is 11.3 Å². The molecule has 0 aliphatic heterocycles. The molecule has 0 aliphatic carbocycles. The van der Waals surface area contributed by atoms with Crippen LogP contribution in [0.25, 0.3) is 16.0 Å². The minimum Gasteiger partial charge on any atom is -0.461 e. The summed E-state index contributed by atoms with van der Waals surface area (Å²) in [5, 5.41) is 5.31. The number of rotatable bonds is 3. The normalized spacial score (nSPS) is 11.0. The lowest BCUT2D eigenvalue weighted by Gasteiger charge is -2.03. The maximum atomic E-state index is 12.1. The van der Waals surface area contributed by atoms with E-state index in [0.717, 1.165) is 21.0 Å². The van der Waals surface area contributed by atoms with Crippen LogP contribution in [0, 0.1) is 13.8 Å². The Balaban J connectivity index is 2.21. The molecule has 0 saturated carbocycles. The molecule has 5 nitrogen and oxygen atoms in total. The molecule has 0 fully saturated rings. The molecular formula is C15H15N3O2S. The lowest BCUT2D eigenvalue weighted by molar-refractivity contribution is 0.0521. The zero-order valence-electron chi connectivity index (χ0n) is 12.1. The maximum absolute atomic E-state index is 12.1. The van der Waals surface area contributed by atoms with Crippen molar-refractivity contribution in [3.8, 4) is 5.69 Å². The first-order valence-corrected chi connectivity index (χ1v) is 7.52. The minimum absolute atomic E-state index is 0.329. The van der Waals surface area contributed by atoms with Crippen LogP contribution in [0.3, 0.4) is 0 Å². The molecule has 6 heteroatoms. The molecule has 3 rings (SSSR count). The number of ether oxygens (including phenoxy) is 1. The molecule has 1 aromatic carbocycles. The van der Waals surface area contributed by atoms with Crippen molar-refractivity contribution in [1.29, 1.82) is 0 Å². The summed E-state index contributed by atoms with van der Waals surface area (Å²) in [5.41, 5.74) is 3.05. The van der Waals surface area contributed by atoms with Gasteiger partial charge in [0.05, 0.1) is 17.3 Å². The van der Waals surface area contributed by atoms with Crippen molar-refractivity contribution in [2.75, 3.05) is 6.61 Å². The van der Waals surface area contributed by atoms with Crippen LogP contribution in [0.4, 0.5) is 0 Å². The van der Waals surface area contributed by atoms with Crippen molar-refractivity contribution in [1.82, 2.24) is 14.8 Å². The van der Waals surface area contributed by atoms with Crippen molar-refractivity contribution >= 4 is 27.7 Å². The van der Waals surface area contributed by atoms with E-state index in [0.29, 0.717) is 17.9 Å². The highest BCUT2D eigenvalue weighted by atomic mass is 32.1. The number of hydrogen-bond donors (Lipinski definition) is 0. The zero-order chi connectivity index (χ0) is 15.0. The van der Waals surface area contributed by atoms with Gasteiger partial charge in [0, 0.05) is 0 Å². The summed E-state index contributed by atoms with van der Waals surface area (Å²) >= 11 is 1.46. The van der Waals surface area contributed by atoms with Gasteiger partial charge in [-0.2, -0.15) is 5.10 Å². The number of carbonyl (C=O) groups is 1. The molecule has 0 spiro atoms. The minimum atomic E-state index is -0.405. The highest BCUT2D eigenvalue weighted by Gasteiger charge is 2.22. The first-order chi connectivity index (χ1) is 10.1. The molecule has 2 aromatic heterocycles. The Morgan fingerprint density at radius 3 is 2.90 bits per heavy atom. The van der Waals surface area contributed by atoms with Crippen molar-refractivity contribution in [3.63, 3.8) is 0 Å². The quantitative estimate of drug-likeness (QED) is 0.697. The fraction of sp³-hybridized carbons (Fsp3) is 0.267. The predicted octanol–water partition coefficient (Wildman–Crippen LogP) is 3.28. The van der Waals surface area contributed by atoms with E-state index in [1.807, 2.05) is 38.1 Å². The van der Waals surface area contributed by atoms with Crippen molar-refractivity contribution in [2.24, 2.45) is 0 Å². The number of benzene rings is 1. The zero-order valence-corrected chi connectivity index (χ0v) is 12.9. The Hall–Kier alpha value is -2.21. The number of aryl methyl sites for hydroxylation is 2. The van der Waals surface area contributed by atoms with Gasteiger partial charge in [-0.3, -0.25) is 0 Å². The van der Waals surface area contributed by atoms with E-state index in [-0.39, 0.29) is 0 Å². The first-order valence-electron chi connectivity index (χ1n) is 6.70. The second-order valence-corrected chi connectivity index (χ2v) is 5.91. The van der Waals surface area contributed by atoms with Gasteiger partial charge in [-0.15, -0.1) is 11.3 Å². The molecule has 0 unspecified atom stereocenters. The molecule has 0 radical (unpaired) electrons. The van der Waals surface area contributed by atoms with Crippen LogP contribution >= 0.6 is 11.3 Å². The van der Waals surface area contributed by atoms with Gasteiger partial charge in [0.1, 0.15) is 4.70 Å². The van der Waals surface area contributed by atoms with Gasteiger partial charge >= 0.3 is 5.97 Å². The van der Waals surface area contributed by atoms with E-state index in [1.54, 1.807) is 11.6 Å². The molecule has 21 heavy (non-hydrogen) atoms. The third-order valence-corrected chi connectivity index (χ3v) is 4.01. The standard InChI is InChI=1S/C15H15N3O2S/c1-4-20-15(19)12-13-14(16-10(3)21-13)18(17-12)11-7-5-6-9(2)8-11/h5-8H,4H2,1-3H3. The molecule has 0 atom stereocenters. The fourth-order valence-corrected chi connectivity index (χ4v) is 3.05. The third-order valence-electron chi connectivity index (χ3n) is 3.05. The second kappa shape index (κ2) is 5.29. The predicted molar refractivity (Wildman–Crippen MR) is 82.2 cm³/mol. The Morgan fingerprint density at radius 1 is 1.38 bits per heavy atom. The Labute approximate surface area is 126 Å². The van der Waals surface area contributed by atoms with E-state index < -0.39 is 5.97 Å². The van der Waals surface area contributed by atoms with E-state index >= 15 is 0 Å². The number of hydrogen-bond acceptors (Lipinski definition) is 5. The Bertz CT molecular complexity index is 820. The van der Waals surface area contributed by atoms with Crippen LogP contribution in [0.5, 0.6) is 0 Å². The summed E-state index contributed by atoms with van der Waals surface area (Å²) in [4.78, 5) is 16.6. The number of nitrogens with zero attached hydrogens (tertiary/aromatic N) is 3. The Kier molecular flexibility index (Phi) is 3.47. The maximum Gasteiger partial charge on any atom is 0.360 e. The van der Waals surface area contributed by atoms with Crippen LogP contribution in [-0.2, 0) is 4.74 Å². The van der Waals surface area contributed by atoms with Gasteiger partial charge < -0.3 is 4.74 Å². The summed E-state index contributed by atoms with van der Waals surface area (Å²) in [5.74, 6) is -0.405. The van der Waals surface area contributed by atoms with Gasteiger partial charge in [0.15, 0.2) is 11.3 Å². The van der Waals surface area contributed by atoms with Crippen LogP contribution in [0.1, 0.15) is 28.0 Å². The number of aromatic nitrogens is 3. The molecule has 0 bridgehead atoms. The van der Waals surface area contributed by atoms with Gasteiger partial charge in [-0.25, -0.2) is 14.5 Å². The lowest BCUT2D eigenvalue weighted by Crippen LogP contribution is -2.07. The van der Waals surface area contributed by atoms with Gasteiger partial charge in [-0.1, -0.05) is 12.1 Å². The fourth-order valence-electron chi connectivity index (χ4n) is 2.18. The number of esters is 1. The van der Waals surface area contributed by atoms with Gasteiger partial charge in [-0.05, 0) is 38.5 Å². The molecular weight excluding hydrogens is 286 g/mol. The smallest absolute Gasteiger partial charge is 0.360 e. The molecule has 2 heterocycles. The first kappa shape index (κ1) is 13.8. The lowest BCUT2D eigenvalue weighted by atomic mass is 10.2. The summed E-state index contributed by atoms with van der Waals surface area (Å²) in [6.07, 6.45) is 0. The topological polar surface area (TPSA) is 57.0 Å². The summed E-state index contributed by atoms with van der Waals surface area (Å²) in [7, 11) is 0. The van der Waals surface area contributed by atoms with Gasteiger partial charge in [0.2, 0.25) is 0 Å². The SMILES string of the molecule is CCOC(=O)c1nn(-c2cccc(C)c2)c2nc(C)sc12. The molecule has 0 saturated heterocycles. The third kappa shape index (κ3) is 2.42. The van der Waals surface area contributed by atoms with Crippen molar-refractivity contribution in [2.45, 2.75) is 20.8 Å². The van der Waals surface area contributed by atoms with Crippen LogP contribution in [0.15, 0.2) is 24.3 Å². The molecule has 0 aliphatic rings. The number of carbonyl (C=O) groups excluding carboxylic acids is 1. The molecule has 3 aromatic rings. The van der Waals surface area contributed by atoms with Crippen LogP contribution in [0.2, 0.25) is 0 Å². The summed E-state index contributed by atoms with van der Waals surface area (Å²) in [6.45, 7) is 6.04. The van der Waals surface area contributed by atoms with Gasteiger partial charge in [0.25, 0.3) is 0 Å². The largest absolute Gasteiger partial charge is 0.461 e. The molecule has 0 amide bonds. The second-order valence-electron chi connectivity index (χ2n) is 4.71. The monoisotopic (exact) mass is 301 g/mol. The molecule has 108 valence electrons. The summed E-state index contributed by atoms with van der Waals surface area (Å²) in [6, 6.07) is 7.93. The van der Waals surface area contributed by atoms with E-state index in [4.69, 9.17) is 4.74 Å². The van der Waals surface area contributed by atoms with E-state index in [2.05, 4.69) is 10.1 Å². The number of fused-ring (bicyclic) bond motifs is 1. The van der Waals surface area contributed by atoms with E-state index in [9.17, 15) is 4.79 Å². The van der Waals surface area contributed by atoms with Crippen molar-refractivity contribution in [3.05, 3.63) is 40.5 Å². The molecule has 0 N–H and O–H groups in total. The number of thiazole rings is 1. The highest BCUT2D eigenvalue weighted by Crippen LogP contribution is 2.28. The highest BCUT2D eigenvalue weighted by molar-refractivity contribution is 7.18. The van der Waals surface area contributed by atoms with Crippen molar-refractivity contribution < 1.29 is 9.53 Å². The average molecular weight is 301 g/mol. The average Bonchev–Trinajstić information content (AvgIpc) is 2.96. The summed E-state index contributed by atoms with van der Waals surface area (Å²) < 4.78 is 7.56. The van der Waals surface area contributed by atoms with Crippen LogP contribution in [-0.4, -0.2) is 27.3 Å².